The second-order valence-corrected chi connectivity index (χ2v) is 10.2. The molecule has 2 atom stereocenters. The molecule has 1 aromatic carbocycles. The fourth-order valence-corrected chi connectivity index (χ4v) is 6.12. The van der Waals surface area contributed by atoms with E-state index in [0.717, 1.165) is 22.3 Å². The van der Waals surface area contributed by atoms with Crippen molar-refractivity contribution in [1.29, 1.82) is 0 Å². The molecule has 1 saturated heterocycles. The average Bonchev–Trinajstić information content (AvgIpc) is 2.98. The first kappa shape index (κ1) is 20.1. The third-order valence-electron chi connectivity index (χ3n) is 4.97. The van der Waals surface area contributed by atoms with Gasteiger partial charge in [0.25, 0.3) is 0 Å². The minimum atomic E-state index is -3.04. The van der Waals surface area contributed by atoms with Gasteiger partial charge in [0.1, 0.15) is 10.9 Å². The summed E-state index contributed by atoms with van der Waals surface area (Å²) in [4.78, 5) is 23.7. The second kappa shape index (κ2) is 8.14. The molecular formula is C19H25N3O3S2. The number of rotatable bonds is 6. The normalized spacial score (nSPS) is 19.9. The largest absolute Gasteiger partial charge is 0.335 e. The van der Waals surface area contributed by atoms with Crippen LogP contribution in [0.4, 0.5) is 0 Å². The maximum absolute atomic E-state index is 13.0. The summed E-state index contributed by atoms with van der Waals surface area (Å²) in [5.41, 5.74) is 0.862. The van der Waals surface area contributed by atoms with Crippen LogP contribution < -0.4 is 0 Å². The van der Waals surface area contributed by atoms with Gasteiger partial charge in [-0.15, -0.1) is 0 Å². The van der Waals surface area contributed by atoms with Gasteiger partial charge >= 0.3 is 0 Å². The van der Waals surface area contributed by atoms with Crippen molar-refractivity contribution >= 4 is 38.4 Å². The van der Waals surface area contributed by atoms with Gasteiger partial charge in [-0.2, -0.15) is 0 Å². The maximum Gasteiger partial charge on any atom is 0.233 e. The standard InChI is InChI=1S/C19H25N3O3S2/c1-4-13(2)22(15-9-10-27(24,25)12-15)18(23)11-26-19-16-7-5-6-8-17(16)20-14(3)21-19/h5-8,13,15H,4,9-12H2,1-3H3/t13-,15-/m1/s1. The topological polar surface area (TPSA) is 80.2 Å². The Labute approximate surface area is 164 Å². The Bertz CT molecular complexity index is 946. The molecule has 8 heteroatoms. The predicted octanol–water partition coefficient (Wildman–Crippen LogP) is 2.84. The van der Waals surface area contributed by atoms with E-state index >= 15 is 0 Å². The van der Waals surface area contributed by atoms with E-state index in [1.54, 1.807) is 4.90 Å². The van der Waals surface area contributed by atoms with Gasteiger partial charge in [0.2, 0.25) is 5.91 Å². The van der Waals surface area contributed by atoms with Crippen molar-refractivity contribution in [3.8, 4) is 0 Å². The van der Waals surface area contributed by atoms with Crippen LogP contribution in [0.5, 0.6) is 0 Å². The molecule has 1 fully saturated rings. The van der Waals surface area contributed by atoms with Crippen LogP contribution in [0.3, 0.4) is 0 Å². The van der Waals surface area contributed by atoms with Crippen LogP contribution in [-0.2, 0) is 14.6 Å². The summed E-state index contributed by atoms with van der Waals surface area (Å²) in [6.07, 6.45) is 1.32. The zero-order valence-electron chi connectivity index (χ0n) is 15.9. The Morgan fingerprint density at radius 2 is 2.07 bits per heavy atom. The van der Waals surface area contributed by atoms with E-state index in [-0.39, 0.29) is 35.2 Å². The average molecular weight is 408 g/mol. The Kier molecular flexibility index (Phi) is 6.05. The lowest BCUT2D eigenvalue weighted by Gasteiger charge is -2.33. The molecule has 1 amide bonds. The smallest absolute Gasteiger partial charge is 0.233 e. The monoisotopic (exact) mass is 407 g/mol. The summed E-state index contributed by atoms with van der Waals surface area (Å²) in [7, 11) is -3.04. The van der Waals surface area contributed by atoms with E-state index < -0.39 is 9.84 Å². The van der Waals surface area contributed by atoms with Gasteiger partial charge in [-0.1, -0.05) is 36.9 Å². The molecule has 0 radical (unpaired) electrons. The van der Waals surface area contributed by atoms with Crippen molar-refractivity contribution in [3.05, 3.63) is 30.1 Å². The Morgan fingerprint density at radius 3 is 2.74 bits per heavy atom. The van der Waals surface area contributed by atoms with Crippen LogP contribution in [0, 0.1) is 6.92 Å². The van der Waals surface area contributed by atoms with Crippen LogP contribution in [0.25, 0.3) is 10.9 Å². The molecule has 0 N–H and O–H groups in total. The minimum absolute atomic E-state index is 0.0141. The molecule has 2 aromatic rings. The summed E-state index contributed by atoms with van der Waals surface area (Å²) in [5.74, 6) is 1.12. The van der Waals surface area contributed by atoms with E-state index in [1.807, 2.05) is 45.0 Å². The van der Waals surface area contributed by atoms with E-state index in [4.69, 9.17) is 0 Å². The molecule has 1 aromatic heterocycles. The quantitative estimate of drug-likeness (QED) is 0.541. The van der Waals surface area contributed by atoms with Crippen LogP contribution >= 0.6 is 11.8 Å². The lowest BCUT2D eigenvalue weighted by molar-refractivity contribution is -0.132. The summed E-state index contributed by atoms with van der Waals surface area (Å²) in [6, 6.07) is 7.55. The van der Waals surface area contributed by atoms with Gasteiger partial charge in [-0.05, 0) is 32.8 Å². The number of aryl methyl sites for hydroxylation is 1. The van der Waals surface area contributed by atoms with Crippen LogP contribution in [-0.4, -0.2) is 58.5 Å². The molecule has 6 nitrogen and oxygen atoms in total. The highest BCUT2D eigenvalue weighted by Gasteiger charge is 2.36. The molecule has 1 aliphatic heterocycles. The molecular weight excluding hydrogens is 382 g/mol. The van der Waals surface area contributed by atoms with Crippen molar-refractivity contribution in [2.75, 3.05) is 17.3 Å². The Morgan fingerprint density at radius 1 is 1.33 bits per heavy atom. The number of nitrogens with zero attached hydrogens (tertiary/aromatic N) is 3. The van der Waals surface area contributed by atoms with Crippen LogP contribution in [0.15, 0.2) is 29.3 Å². The van der Waals surface area contributed by atoms with E-state index in [0.29, 0.717) is 12.2 Å². The number of para-hydroxylation sites is 1. The first-order valence-corrected chi connectivity index (χ1v) is 12.0. The minimum Gasteiger partial charge on any atom is -0.335 e. The molecule has 0 spiro atoms. The van der Waals surface area contributed by atoms with E-state index in [2.05, 4.69) is 9.97 Å². The SMILES string of the molecule is CC[C@@H](C)N(C(=O)CSc1nc(C)nc2ccccc12)[C@@H]1CCS(=O)(=O)C1. The highest BCUT2D eigenvalue weighted by molar-refractivity contribution is 8.00. The highest BCUT2D eigenvalue weighted by Crippen LogP contribution is 2.27. The summed E-state index contributed by atoms with van der Waals surface area (Å²) < 4.78 is 23.8. The van der Waals surface area contributed by atoms with Gasteiger partial charge < -0.3 is 4.90 Å². The summed E-state index contributed by atoms with van der Waals surface area (Å²) in [5, 5.41) is 1.72. The molecule has 0 unspecified atom stereocenters. The number of amides is 1. The Balaban J connectivity index is 1.79. The fourth-order valence-electron chi connectivity index (χ4n) is 3.47. The summed E-state index contributed by atoms with van der Waals surface area (Å²) in [6.45, 7) is 5.84. The van der Waals surface area contributed by atoms with Gasteiger partial charge in [-0.3, -0.25) is 4.79 Å². The first-order chi connectivity index (χ1) is 12.8. The molecule has 1 aliphatic rings. The lowest BCUT2D eigenvalue weighted by Crippen LogP contribution is -2.47. The third kappa shape index (κ3) is 4.60. The zero-order chi connectivity index (χ0) is 19.6. The van der Waals surface area contributed by atoms with Gasteiger partial charge in [0, 0.05) is 17.5 Å². The number of thioether (sulfide) groups is 1. The van der Waals surface area contributed by atoms with Gasteiger partial charge in [0.15, 0.2) is 9.84 Å². The van der Waals surface area contributed by atoms with E-state index in [9.17, 15) is 13.2 Å². The number of fused-ring (bicyclic) bond motifs is 1. The van der Waals surface area contributed by atoms with Crippen molar-refractivity contribution in [2.45, 2.75) is 50.7 Å². The number of hydrogen-bond donors (Lipinski definition) is 0. The Hall–Kier alpha value is -1.67. The highest BCUT2D eigenvalue weighted by atomic mass is 32.2. The molecule has 0 bridgehead atoms. The number of carbonyl (C=O) groups excluding carboxylic acids is 1. The van der Waals surface area contributed by atoms with Crippen LogP contribution in [0.2, 0.25) is 0 Å². The molecule has 146 valence electrons. The number of sulfone groups is 1. The maximum atomic E-state index is 13.0. The third-order valence-corrected chi connectivity index (χ3v) is 7.69. The van der Waals surface area contributed by atoms with Crippen molar-refractivity contribution in [1.82, 2.24) is 14.9 Å². The fraction of sp³-hybridized carbons (Fsp3) is 0.526. The molecule has 0 saturated carbocycles. The van der Waals surface area contributed by atoms with Crippen molar-refractivity contribution in [2.24, 2.45) is 0 Å². The first-order valence-electron chi connectivity index (χ1n) is 9.18. The molecule has 2 heterocycles. The summed E-state index contributed by atoms with van der Waals surface area (Å²) >= 11 is 1.40. The van der Waals surface area contributed by atoms with Gasteiger partial charge in [0.05, 0.1) is 22.8 Å². The number of benzene rings is 1. The van der Waals surface area contributed by atoms with Crippen LogP contribution in [0.1, 0.15) is 32.5 Å². The molecule has 3 rings (SSSR count). The number of hydrogen-bond acceptors (Lipinski definition) is 6. The van der Waals surface area contributed by atoms with Crippen molar-refractivity contribution < 1.29 is 13.2 Å². The molecule has 27 heavy (non-hydrogen) atoms. The second-order valence-electron chi connectivity index (χ2n) is 7.00. The number of carbonyl (C=O) groups is 1. The lowest BCUT2D eigenvalue weighted by atomic mass is 10.1. The van der Waals surface area contributed by atoms with Gasteiger partial charge in [-0.25, -0.2) is 18.4 Å². The van der Waals surface area contributed by atoms with E-state index in [1.165, 1.54) is 11.8 Å². The van der Waals surface area contributed by atoms with Crippen molar-refractivity contribution in [3.63, 3.8) is 0 Å². The zero-order valence-corrected chi connectivity index (χ0v) is 17.5. The number of aromatic nitrogens is 2. The molecule has 0 aliphatic carbocycles. The predicted molar refractivity (Wildman–Crippen MR) is 109 cm³/mol.